The number of benzene rings is 2. The number of hydrogen-bond acceptors (Lipinski definition) is 3. The third kappa shape index (κ3) is 2.58. The van der Waals surface area contributed by atoms with E-state index in [2.05, 4.69) is 15.9 Å². The molecule has 0 radical (unpaired) electrons. The summed E-state index contributed by atoms with van der Waals surface area (Å²) in [5, 5.41) is 18.3. The van der Waals surface area contributed by atoms with Crippen LogP contribution in [-0.4, -0.2) is 5.11 Å². The quantitative estimate of drug-likeness (QED) is 0.914. The molecule has 0 aromatic heterocycles. The SMILES string of the molecule is N#Cc1ccc(Oc2ccccc2O)c(Br)c1. The van der Waals surface area contributed by atoms with Gasteiger partial charge in [0.25, 0.3) is 0 Å². The van der Waals surface area contributed by atoms with Gasteiger partial charge < -0.3 is 9.84 Å². The van der Waals surface area contributed by atoms with Crippen LogP contribution in [0.25, 0.3) is 0 Å². The molecule has 2 rings (SSSR count). The van der Waals surface area contributed by atoms with Crippen LogP contribution in [0.1, 0.15) is 5.56 Å². The highest BCUT2D eigenvalue weighted by Gasteiger charge is 2.06. The van der Waals surface area contributed by atoms with Crippen molar-refractivity contribution in [3.8, 4) is 23.3 Å². The normalized spacial score (nSPS) is 9.65. The van der Waals surface area contributed by atoms with Crippen molar-refractivity contribution in [1.82, 2.24) is 0 Å². The molecule has 0 amide bonds. The molecule has 0 heterocycles. The predicted octanol–water partition coefficient (Wildman–Crippen LogP) is 3.82. The van der Waals surface area contributed by atoms with Crippen molar-refractivity contribution >= 4 is 15.9 Å². The highest BCUT2D eigenvalue weighted by molar-refractivity contribution is 9.10. The van der Waals surface area contributed by atoms with E-state index < -0.39 is 0 Å². The van der Waals surface area contributed by atoms with Crippen LogP contribution in [0.15, 0.2) is 46.9 Å². The fraction of sp³-hybridized carbons (Fsp3) is 0. The second kappa shape index (κ2) is 4.89. The molecule has 0 aliphatic heterocycles. The predicted molar refractivity (Wildman–Crippen MR) is 67.0 cm³/mol. The molecule has 0 bridgehead atoms. The Labute approximate surface area is 107 Å². The van der Waals surface area contributed by atoms with Gasteiger partial charge in [0.1, 0.15) is 5.75 Å². The summed E-state index contributed by atoms with van der Waals surface area (Å²) in [5.74, 6) is 0.993. The summed E-state index contributed by atoms with van der Waals surface area (Å²) in [5.41, 5.74) is 0.543. The number of hydrogen-bond donors (Lipinski definition) is 1. The van der Waals surface area contributed by atoms with Gasteiger partial charge in [0, 0.05) is 0 Å². The molecule has 0 unspecified atom stereocenters. The van der Waals surface area contributed by atoms with E-state index in [1.165, 1.54) is 0 Å². The first kappa shape index (κ1) is 11.5. The fourth-order valence-electron chi connectivity index (χ4n) is 1.32. The molecule has 0 aliphatic carbocycles. The molecule has 2 aromatic rings. The maximum atomic E-state index is 9.57. The van der Waals surface area contributed by atoms with Gasteiger partial charge in [-0.25, -0.2) is 0 Å². The Morgan fingerprint density at radius 2 is 1.88 bits per heavy atom. The Kier molecular flexibility index (Phi) is 3.31. The van der Waals surface area contributed by atoms with Gasteiger partial charge >= 0.3 is 0 Å². The number of phenolic OH excluding ortho intramolecular Hbond substituents is 1. The molecule has 2 aromatic carbocycles. The molecule has 0 aliphatic rings. The van der Waals surface area contributed by atoms with Crippen LogP contribution in [0.3, 0.4) is 0 Å². The fourth-order valence-corrected chi connectivity index (χ4v) is 1.77. The van der Waals surface area contributed by atoms with Gasteiger partial charge in [-0.05, 0) is 46.3 Å². The molecule has 1 N–H and O–H groups in total. The van der Waals surface area contributed by atoms with Crippen molar-refractivity contribution in [2.75, 3.05) is 0 Å². The van der Waals surface area contributed by atoms with Crippen molar-refractivity contribution in [2.45, 2.75) is 0 Å². The Morgan fingerprint density at radius 3 is 2.53 bits per heavy atom. The first-order valence-electron chi connectivity index (χ1n) is 4.86. The Hall–Kier alpha value is -1.99. The highest BCUT2D eigenvalue weighted by atomic mass is 79.9. The van der Waals surface area contributed by atoms with Gasteiger partial charge in [-0.2, -0.15) is 5.26 Å². The van der Waals surface area contributed by atoms with E-state index in [-0.39, 0.29) is 5.75 Å². The Balaban J connectivity index is 2.32. The lowest BCUT2D eigenvalue weighted by atomic mass is 10.2. The molecule has 0 saturated carbocycles. The summed E-state index contributed by atoms with van der Waals surface area (Å²) in [7, 11) is 0. The van der Waals surface area contributed by atoms with E-state index in [1.807, 2.05) is 6.07 Å². The van der Waals surface area contributed by atoms with Gasteiger partial charge in [-0.3, -0.25) is 0 Å². The number of nitrogens with zero attached hydrogens (tertiary/aromatic N) is 1. The second-order valence-electron chi connectivity index (χ2n) is 3.33. The van der Waals surface area contributed by atoms with Crippen molar-refractivity contribution in [3.05, 3.63) is 52.5 Å². The number of nitriles is 1. The number of aromatic hydroxyl groups is 1. The second-order valence-corrected chi connectivity index (χ2v) is 4.18. The van der Waals surface area contributed by atoms with Crippen LogP contribution in [0.2, 0.25) is 0 Å². The number of ether oxygens (including phenoxy) is 1. The third-order valence-corrected chi connectivity index (χ3v) is 2.77. The molecule has 0 spiro atoms. The zero-order valence-electron chi connectivity index (χ0n) is 8.72. The van der Waals surface area contributed by atoms with E-state index in [0.29, 0.717) is 21.5 Å². The summed E-state index contributed by atoms with van der Waals surface area (Å²) in [6.07, 6.45) is 0. The maximum absolute atomic E-state index is 9.57. The molecule has 0 saturated heterocycles. The monoisotopic (exact) mass is 289 g/mol. The molecule has 17 heavy (non-hydrogen) atoms. The lowest BCUT2D eigenvalue weighted by Crippen LogP contribution is -1.86. The largest absolute Gasteiger partial charge is 0.504 e. The Morgan fingerprint density at radius 1 is 1.12 bits per heavy atom. The van der Waals surface area contributed by atoms with E-state index in [1.54, 1.807) is 42.5 Å². The summed E-state index contributed by atoms with van der Waals surface area (Å²) in [6.45, 7) is 0. The Bertz CT molecular complexity index is 590. The van der Waals surface area contributed by atoms with Crippen molar-refractivity contribution in [2.24, 2.45) is 0 Å². The first-order valence-corrected chi connectivity index (χ1v) is 5.65. The van der Waals surface area contributed by atoms with Gasteiger partial charge in [-0.1, -0.05) is 12.1 Å². The smallest absolute Gasteiger partial charge is 0.169 e. The minimum absolute atomic E-state index is 0.0729. The third-order valence-electron chi connectivity index (χ3n) is 2.15. The van der Waals surface area contributed by atoms with Gasteiger partial charge in [0.2, 0.25) is 0 Å². The zero-order chi connectivity index (χ0) is 12.3. The maximum Gasteiger partial charge on any atom is 0.169 e. The number of phenols is 1. The minimum Gasteiger partial charge on any atom is -0.504 e. The van der Waals surface area contributed by atoms with Gasteiger partial charge in [0.05, 0.1) is 16.1 Å². The van der Waals surface area contributed by atoms with Crippen LogP contribution in [0.5, 0.6) is 17.2 Å². The summed E-state index contributed by atoms with van der Waals surface area (Å²) >= 11 is 3.31. The molecule has 84 valence electrons. The van der Waals surface area contributed by atoms with Crippen molar-refractivity contribution in [3.63, 3.8) is 0 Å². The lowest BCUT2D eigenvalue weighted by molar-refractivity contribution is 0.410. The van der Waals surface area contributed by atoms with E-state index in [0.717, 1.165) is 0 Å². The van der Waals surface area contributed by atoms with Crippen LogP contribution in [0, 0.1) is 11.3 Å². The molecule has 0 atom stereocenters. The van der Waals surface area contributed by atoms with Crippen LogP contribution < -0.4 is 4.74 Å². The summed E-state index contributed by atoms with van der Waals surface area (Å²) in [6, 6.07) is 13.7. The van der Waals surface area contributed by atoms with E-state index in [4.69, 9.17) is 10.00 Å². The average molecular weight is 290 g/mol. The van der Waals surface area contributed by atoms with Crippen LogP contribution in [0.4, 0.5) is 0 Å². The standard InChI is InChI=1S/C13H8BrNO2/c14-10-7-9(8-15)5-6-12(10)17-13-4-2-1-3-11(13)16/h1-7,16H. The average Bonchev–Trinajstić information content (AvgIpc) is 2.34. The topological polar surface area (TPSA) is 53.2 Å². The summed E-state index contributed by atoms with van der Waals surface area (Å²) in [4.78, 5) is 0. The molecule has 3 nitrogen and oxygen atoms in total. The van der Waals surface area contributed by atoms with E-state index in [9.17, 15) is 5.11 Å². The zero-order valence-corrected chi connectivity index (χ0v) is 10.3. The molecular formula is C13H8BrNO2. The molecule has 4 heteroatoms. The number of halogens is 1. The lowest BCUT2D eigenvalue weighted by Gasteiger charge is -2.08. The minimum atomic E-state index is 0.0729. The van der Waals surface area contributed by atoms with Crippen molar-refractivity contribution < 1.29 is 9.84 Å². The van der Waals surface area contributed by atoms with Crippen LogP contribution >= 0.6 is 15.9 Å². The van der Waals surface area contributed by atoms with Gasteiger partial charge in [-0.15, -0.1) is 0 Å². The van der Waals surface area contributed by atoms with Gasteiger partial charge in [0.15, 0.2) is 11.5 Å². The first-order chi connectivity index (χ1) is 8.20. The molecule has 0 fully saturated rings. The number of rotatable bonds is 2. The summed E-state index contributed by atoms with van der Waals surface area (Å²) < 4.78 is 6.20. The number of para-hydroxylation sites is 2. The highest BCUT2D eigenvalue weighted by Crippen LogP contribution is 2.34. The van der Waals surface area contributed by atoms with E-state index >= 15 is 0 Å². The molecular weight excluding hydrogens is 282 g/mol. The van der Waals surface area contributed by atoms with Crippen molar-refractivity contribution in [1.29, 1.82) is 5.26 Å². The van der Waals surface area contributed by atoms with Crippen LogP contribution in [-0.2, 0) is 0 Å².